The summed E-state index contributed by atoms with van der Waals surface area (Å²) >= 11 is 0. The third-order valence-corrected chi connectivity index (χ3v) is 3.40. The number of para-hydroxylation sites is 1. The number of aromatic hydroxyl groups is 1. The van der Waals surface area contributed by atoms with Crippen LogP contribution in [0, 0.1) is 0 Å². The highest BCUT2D eigenvalue weighted by Gasteiger charge is 2.18. The second kappa shape index (κ2) is 5.25. The van der Waals surface area contributed by atoms with Gasteiger partial charge in [0.2, 0.25) is 0 Å². The normalized spacial score (nSPS) is 10.5. The van der Waals surface area contributed by atoms with Gasteiger partial charge in [-0.05, 0) is 30.3 Å². The van der Waals surface area contributed by atoms with Gasteiger partial charge in [-0.3, -0.25) is 9.78 Å². The minimum absolute atomic E-state index is 0.0386. The van der Waals surface area contributed by atoms with Crippen molar-refractivity contribution in [2.24, 2.45) is 0 Å². The lowest BCUT2D eigenvalue weighted by molar-refractivity contribution is 0.0990. The first-order valence-corrected chi connectivity index (χ1v) is 6.57. The summed E-state index contributed by atoms with van der Waals surface area (Å²) in [5.74, 6) is -0.311. The maximum Gasteiger partial charge on any atom is 0.261 e. The Hall–Kier alpha value is -2.88. The number of nitrogens with zero attached hydrogens (tertiary/aromatic N) is 2. The molecule has 2 aromatic carbocycles. The molecule has 1 amide bonds. The van der Waals surface area contributed by atoms with Crippen LogP contribution in [-0.4, -0.2) is 23.0 Å². The van der Waals surface area contributed by atoms with Crippen LogP contribution >= 0.6 is 0 Å². The number of carbonyl (C=O) groups is 1. The van der Waals surface area contributed by atoms with Crippen LogP contribution in [0.3, 0.4) is 0 Å². The van der Waals surface area contributed by atoms with Crippen LogP contribution in [0.25, 0.3) is 10.9 Å². The molecule has 0 aliphatic rings. The van der Waals surface area contributed by atoms with Crippen molar-refractivity contribution < 1.29 is 9.90 Å². The minimum atomic E-state index is -0.272. The lowest BCUT2D eigenvalue weighted by Crippen LogP contribution is -2.26. The molecule has 0 unspecified atom stereocenters. The molecule has 0 atom stereocenters. The van der Waals surface area contributed by atoms with Crippen LogP contribution in [0.15, 0.2) is 60.8 Å². The van der Waals surface area contributed by atoms with Crippen molar-refractivity contribution in [3.8, 4) is 5.75 Å². The van der Waals surface area contributed by atoms with Crippen molar-refractivity contribution in [3.05, 3.63) is 66.4 Å². The smallest absolute Gasteiger partial charge is 0.261 e. The van der Waals surface area contributed by atoms with Crippen LogP contribution in [0.4, 0.5) is 5.69 Å². The van der Waals surface area contributed by atoms with Crippen molar-refractivity contribution in [1.29, 1.82) is 0 Å². The van der Waals surface area contributed by atoms with E-state index in [1.807, 2.05) is 36.4 Å². The van der Waals surface area contributed by atoms with E-state index in [0.29, 0.717) is 5.52 Å². The molecular weight excluding hydrogens is 264 g/mol. The highest BCUT2D eigenvalue weighted by molar-refractivity contribution is 6.09. The second-order valence-electron chi connectivity index (χ2n) is 4.77. The molecular formula is C17H14N2O2. The fourth-order valence-corrected chi connectivity index (χ4v) is 2.23. The van der Waals surface area contributed by atoms with E-state index in [0.717, 1.165) is 11.1 Å². The number of amides is 1. The van der Waals surface area contributed by atoms with Crippen LogP contribution in [-0.2, 0) is 0 Å². The van der Waals surface area contributed by atoms with E-state index < -0.39 is 0 Å². The monoisotopic (exact) mass is 278 g/mol. The third-order valence-electron chi connectivity index (χ3n) is 3.40. The molecule has 0 aliphatic heterocycles. The zero-order valence-electron chi connectivity index (χ0n) is 11.5. The zero-order chi connectivity index (χ0) is 14.8. The second-order valence-corrected chi connectivity index (χ2v) is 4.77. The van der Waals surface area contributed by atoms with E-state index >= 15 is 0 Å². The van der Waals surface area contributed by atoms with E-state index in [2.05, 4.69) is 4.98 Å². The third kappa shape index (κ3) is 2.43. The predicted octanol–water partition coefficient (Wildman–Crippen LogP) is 3.22. The van der Waals surface area contributed by atoms with Crippen molar-refractivity contribution in [2.75, 3.05) is 11.9 Å². The van der Waals surface area contributed by atoms with Gasteiger partial charge in [0.25, 0.3) is 5.91 Å². The maximum atomic E-state index is 12.5. The molecule has 0 bridgehead atoms. The van der Waals surface area contributed by atoms with Gasteiger partial charge in [0.1, 0.15) is 5.75 Å². The number of hydrogen-bond acceptors (Lipinski definition) is 3. The molecule has 104 valence electrons. The van der Waals surface area contributed by atoms with E-state index in [-0.39, 0.29) is 17.2 Å². The summed E-state index contributed by atoms with van der Waals surface area (Å²) in [4.78, 5) is 18.3. The highest BCUT2D eigenvalue weighted by atomic mass is 16.3. The van der Waals surface area contributed by atoms with Gasteiger partial charge >= 0.3 is 0 Å². The quantitative estimate of drug-likeness (QED) is 0.783. The molecule has 21 heavy (non-hydrogen) atoms. The lowest BCUT2D eigenvalue weighted by atomic mass is 10.1. The van der Waals surface area contributed by atoms with Gasteiger partial charge in [-0.2, -0.15) is 0 Å². The molecule has 1 aromatic heterocycles. The highest BCUT2D eigenvalue weighted by Crippen LogP contribution is 2.26. The summed E-state index contributed by atoms with van der Waals surface area (Å²) in [5, 5.41) is 10.9. The van der Waals surface area contributed by atoms with Gasteiger partial charge < -0.3 is 10.0 Å². The fraction of sp³-hybridized carbons (Fsp3) is 0.0588. The topological polar surface area (TPSA) is 53.4 Å². The number of hydrogen-bond donors (Lipinski definition) is 1. The first-order chi connectivity index (χ1) is 10.2. The maximum absolute atomic E-state index is 12.5. The van der Waals surface area contributed by atoms with E-state index in [1.165, 1.54) is 4.90 Å². The minimum Gasteiger partial charge on any atom is -0.507 e. The summed E-state index contributed by atoms with van der Waals surface area (Å²) in [5.41, 5.74) is 1.69. The van der Waals surface area contributed by atoms with Crippen molar-refractivity contribution in [2.45, 2.75) is 0 Å². The van der Waals surface area contributed by atoms with Crippen molar-refractivity contribution in [3.63, 3.8) is 0 Å². The summed E-state index contributed by atoms with van der Waals surface area (Å²) in [7, 11) is 1.68. The standard InChI is InChI=1S/C17H14N2O2/c1-19(13-7-3-2-4-8-13)17(21)14-11-15-12(10-16(14)20)6-5-9-18-15/h2-11,20H,1H3. The fourth-order valence-electron chi connectivity index (χ4n) is 2.23. The summed E-state index contributed by atoms with van der Waals surface area (Å²) in [6.45, 7) is 0. The summed E-state index contributed by atoms with van der Waals surface area (Å²) < 4.78 is 0. The van der Waals surface area contributed by atoms with Crippen molar-refractivity contribution >= 4 is 22.5 Å². The number of rotatable bonds is 2. The molecule has 0 aliphatic carbocycles. The Kier molecular flexibility index (Phi) is 3.28. The number of phenols is 1. The molecule has 1 N–H and O–H groups in total. The average Bonchev–Trinajstić information content (AvgIpc) is 2.53. The summed E-state index contributed by atoms with van der Waals surface area (Å²) in [6, 6.07) is 16.1. The molecule has 0 saturated heterocycles. The van der Waals surface area contributed by atoms with Crippen LogP contribution in [0.2, 0.25) is 0 Å². The van der Waals surface area contributed by atoms with Gasteiger partial charge in [-0.1, -0.05) is 24.3 Å². The average molecular weight is 278 g/mol. The van der Waals surface area contributed by atoms with Crippen LogP contribution < -0.4 is 4.90 Å². The molecule has 0 spiro atoms. The lowest BCUT2D eigenvalue weighted by Gasteiger charge is -2.18. The number of anilines is 1. The number of phenolic OH excluding ortho intramolecular Hbond substituents is 1. The predicted molar refractivity (Wildman–Crippen MR) is 82.6 cm³/mol. The van der Waals surface area contributed by atoms with Gasteiger partial charge in [0, 0.05) is 24.3 Å². The Morgan fingerprint density at radius 3 is 2.62 bits per heavy atom. The first-order valence-electron chi connectivity index (χ1n) is 6.57. The Morgan fingerprint density at radius 1 is 1.10 bits per heavy atom. The number of benzene rings is 2. The largest absolute Gasteiger partial charge is 0.507 e. The van der Waals surface area contributed by atoms with Crippen LogP contribution in [0.5, 0.6) is 5.75 Å². The Morgan fingerprint density at radius 2 is 1.86 bits per heavy atom. The summed E-state index contributed by atoms with van der Waals surface area (Å²) in [6.07, 6.45) is 1.66. The molecule has 3 aromatic rings. The Bertz CT molecular complexity index is 800. The number of aromatic nitrogens is 1. The molecule has 4 heteroatoms. The Labute approximate surface area is 122 Å². The number of fused-ring (bicyclic) bond motifs is 1. The van der Waals surface area contributed by atoms with Gasteiger partial charge in [0.05, 0.1) is 11.1 Å². The zero-order valence-corrected chi connectivity index (χ0v) is 11.5. The molecule has 0 radical (unpaired) electrons. The SMILES string of the molecule is CN(C(=O)c1cc2ncccc2cc1O)c1ccccc1. The van der Waals surface area contributed by atoms with Crippen LogP contribution in [0.1, 0.15) is 10.4 Å². The van der Waals surface area contributed by atoms with E-state index in [9.17, 15) is 9.90 Å². The van der Waals surface area contributed by atoms with Gasteiger partial charge in [0.15, 0.2) is 0 Å². The van der Waals surface area contributed by atoms with E-state index in [4.69, 9.17) is 0 Å². The first kappa shape index (κ1) is 13.1. The molecule has 3 rings (SSSR count). The number of carbonyl (C=O) groups excluding carboxylic acids is 1. The van der Waals surface area contributed by atoms with E-state index in [1.54, 1.807) is 31.4 Å². The molecule has 0 saturated carbocycles. The number of pyridine rings is 1. The molecule has 1 heterocycles. The Balaban J connectivity index is 2.03. The molecule has 4 nitrogen and oxygen atoms in total. The van der Waals surface area contributed by atoms with Gasteiger partial charge in [-0.15, -0.1) is 0 Å². The molecule has 0 fully saturated rings. The van der Waals surface area contributed by atoms with Gasteiger partial charge in [-0.25, -0.2) is 0 Å². The van der Waals surface area contributed by atoms with Crippen molar-refractivity contribution in [1.82, 2.24) is 4.98 Å².